The van der Waals surface area contributed by atoms with E-state index < -0.39 is 0 Å². The highest BCUT2D eigenvalue weighted by Crippen LogP contribution is 2.42. The third-order valence-electron chi connectivity index (χ3n) is 4.27. The Labute approximate surface area is 105 Å². The van der Waals surface area contributed by atoms with Crippen LogP contribution < -0.4 is 0 Å². The molecule has 16 heavy (non-hydrogen) atoms. The molecule has 0 aromatic rings. The molecule has 2 fully saturated rings. The van der Waals surface area contributed by atoms with Crippen molar-refractivity contribution in [3.8, 4) is 0 Å². The van der Waals surface area contributed by atoms with Crippen molar-refractivity contribution in [1.82, 2.24) is 4.90 Å². The number of nitrogens with zero attached hydrogens (tertiary/aromatic N) is 1. The van der Waals surface area contributed by atoms with Crippen molar-refractivity contribution in [2.75, 3.05) is 39.1 Å². The second kappa shape index (κ2) is 5.74. The third-order valence-corrected chi connectivity index (χ3v) is 4.94. The third kappa shape index (κ3) is 3.14. The maximum Gasteiger partial charge on any atom is 0.0469 e. The van der Waals surface area contributed by atoms with E-state index in [-0.39, 0.29) is 0 Å². The molecular formula is C13H25NOS. The number of thiol groups is 1. The zero-order valence-electron chi connectivity index (χ0n) is 10.5. The van der Waals surface area contributed by atoms with Gasteiger partial charge in [0.15, 0.2) is 0 Å². The van der Waals surface area contributed by atoms with Crippen molar-refractivity contribution < 1.29 is 4.74 Å². The molecule has 1 aliphatic heterocycles. The maximum atomic E-state index is 5.40. The van der Waals surface area contributed by atoms with E-state index in [2.05, 4.69) is 24.6 Å². The minimum Gasteiger partial charge on any atom is -0.381 e. The molecule has 2 rings (SSSR count). The van der Waals surface area contributed by atoms with E-state index in [0.29, 0.717) is 5.41 Å². The lowest BCUT2D eigenvalue weighted by molar-refractivity contribution is 0.0420. The quantitative estimate of drug-likeness (QED) is 0.745. The van der Waals surface area contributed by atoms with Gasteiger partial charge in [0.25, 0.3) is 0 Å². The van der Waals surface area contributed by atoms with Crippen LogP contribution in [0.2, 0.25) is 0 Å². The zero-order valence-corrected chi connectivity index (χ0v) is 11.3. The number of rotatable bonds is 5. The predicted molar refractivity (Wildman–Crippen MR) is 71.2 cm³/mol. The van der Waals surface area contributed by atoms with Gasteiger partial charge in [0.1, 0.15) is 0 Å². The first kappa shape index (κ1) is 12.7. The second-order valence-electron chi connectivity index (χ2n) is 5.76. The van der Waals surface area contributed by atoms with Crippen molar-refractivity contribution >= 4 is 12.6 Å². The first-order chi connectivity index (χ1) is 7.74. The summed E-state index contributed by atoms with van der Waals surface area (Å²) in [5.41, 5.74) is 0.545. The minimum atomic E-state index is 0.545. The summed E-state index contributed by atoms with van der Waals surface area (Å²) in [6.45, 7) is 4.43. The largest absolute Gasteiger partial charge is 0.381 e. The van der Waals surface area contributed by atoms with Gasteiger partial charge in [-0.15, -0.1) is 0 Å². The topological polar surface area (TPSA) is 12.5 Å². The first-order valence-corrected chi connectivity index (χ1v) is 7.24. The fourth-order valence-electron chi connectivity index (χ4n) is 3.05. The van der Waals surface area contributed by atoms with Crippen LogP contribution >= 0.6 is 12.6 Å². The molecule has 0 unspecified atom stereocenters. The summed E-state index contributed by atoms with van der Waals surface area (Å²) in [5.74, 6) is 1.92. The summed E-state index contributed by atoms with van der Waals surface area (Å²) in [6, 6.07) is 0. The van der Waals surface area contributed by atoms with Gasteiger partial charge in [-0.25, -0.2) is 0 Å². The van der Waals surface area contributed by atoms with Crippen LogP contribution in [0.25, 0.3) is 0 Å². The highest BCUT2D eigenvalue weighted by molar-refractivity contribution is 7.80. The molecule has 2 aliphatic rings. The summed E-state index contributed by atoms with van der Waals surface area (Å²) in [5, 5.41) is 0. The summed E-state index contributed by atoms with van der Waals surface area (Å²) >= 11 is 4.53. The van der Waals surface area contributed by atoms with Gasteiger partial charge in [0.2, 0.25) is 0 Å². The van der Waals surface area contributed by atoms with Gasteiger partial charge < -0.3 is 9.64 Å². The number of hydrogen-bond acceptors (Lipinski definition) is 3. The zero-order chi connectivity index (χ0) is 11.4. The summed E-state index contributed by atoms with van der Waals surface area (Å²) in [7, 11) is 2.28. The van der Waals surface area contributed by atoms with Crippen molar-refractivity contribution in [3.63, 3.8) is 0 Å². The maximum absolute atomic E-state index is 5.40. The van der Waals surface area contributed by atoms with E-state index >= 15 is 0 Å². The van der Waals surface area contributed by atoms with E-state index in [9.17, 15) is 0 Å². The average Bonchev–Trinajstić information content (AvgIpc) is 2.25. The molecule has 0 aromatic carbocycles. The molecule has 1 saturated heterocycles. The summed E-state index contributed by atoms with van der Waals surface area (Å²) in [6.07, 6.45) is 6.67. The van der Waals surface area contributed by atoms with E-state index in [0.717, 1.165) is 24.9 Å². The van der Waals surface area contributed by atoms with Crippen LogP contribution in [0.4, 0.5) is 0 Å². The molecule has 0 radical (unpaired) electrons. The van der Waals surface area contributed by atoms with Gasteiger partial charge in [-0.3, -0.25) is 0 Å². The van der Waals surface area contributed by atoms with E-state index in [1.807, 2.05) is 0 Å². The molecular weight excluding hydrogens is 218 g/mol. The second-order valence-corrected chi connectivity index (χ2v) is 6.08. The molecule has 94 valence electrons. The van der Waals surface area contributed by atoms with Crippen molar-refractivity contribution in [2.45, 2.75) is 32.1 Å². The Morgan fingerprint density at radius 1 is 1.31 bits per heavy atom. The lowest BCUT2D eigenvalue weighted by Crippen LogP contribution is -2.44. The van der Waals surface area contributed by atoms with E-state index in [1.54, 1.807) is 0 Å². The molecule has 3 heteroatoms. The molecule has 0 spiro atoms. The van der Waals surface area contributed by atoms with Crippen LogP contribution in [0.3, 0.4) is 0 Å². The van der Waals surface area contributed by atoms with Gasteiger partial charge in [-0.1, -0.05) is 6.42 Å². The Morgan fingerprint density at radius 3 is 2.50 bits per heavy atom. The molecule has 0 atom stereocenters. The van der Waals surface area contributed by atoms with Crippen molar-refractivity contribution in [2.24, 2.45) is 11.3 Å². The van der Waals surface area contributed by atoms with Gasteiger partial charge in [0.05, 0.1) is 0 Å². The Hall–Kier alpha value is 0.270. The van der Waals surface area contributed by atoms with E-state index in [1.165, 1.54) is 45.2 Å². The fourth-order valence-corrected chi connectivity index (χ4v) is 3.47. The summed E-state index contributed by atoms with van der Waals surface area (Å²) < 4.78 is 5.40. The van der Waals surface area contributed by atoms with Crippen LogP contribution in [0, 0.1) is 11.3 Å². The lowest BCUT2D eigenvalue weighted by Gasteiger charge is -2.44. The van der Waals surface area contributed by atoms with Crippen LogP contribution in [0.1, 0.15) is 32.1 Å². The first-order valence-electron chi connectivity index (χ1n) is 6.61. The molecule has 1 aliphatic carbocycles. The van der Waals surface area contributed by atoms with Gasteiger partial charge >= 0.3 is 0 Å². The number of ether oxygens (including phenoxy) is 1. The van der Waals surface area contributed by atoms with Gasteiger partial charge in [-0.05, 0) is 49.8 Å². The highest BCUT2D eigenvalue weighted by Gasteiger charge is 2.36. The molecule has 0 amide bonds. The minimum absolute atomic E-state index is 0.545. The standard InChI is InChI=1S/C13H25NOS/c1-14(9-12-3-7-15-8-4-12)10-13(11-16)5-2-6-13/h12,16H,2-11H2,1H3. The Balaban J connectivity index is 1.72. The van der Waals surface area contributed by atoms with Crippen LogP contribution in [0.5, 0.6) is 0 Å². The molecule has 2 nitrogen and oxygen atoms in total. The molecule has 1 saturated carbocycles. The van der Waals surface area contributed by atoms with Gasteiger partial charge in [0, 0.05) is 26.3 Å². The summed E-state index contributed by atoms with van der Waals surface area (Å²) in [4.78, 5) is 2.53. The molecule has 0 aromatic heterocycles. The van der Waals surface area contributed by atoms with E-state index in [4.69, 9.17) is 4.74 Å². The Bertz CT molecular complexity index is 206. The van der Waals surface area contributed by atoms with Crippen LogP contribution in [-0.4, -0.2) is 44.0 Å². The average molecular weight is 243 g/mol. The molecule has 0 N–H and O–H groups in total. The fraction of sp³-hybridized carbons (Fsp3) is 1.00. The monoisotopic (exact) mass is 243 g/mol. The lowest BCUT2D eigenvalue weighted by atomic mass is 9.70. The highest BCUT2D eigenvalue weighted by atomic mass is 32.1. The smallest absolute Gasteiger partial charge is 0.0469 e. The van der Waals surface area contributed by atoms with Crippen molar-refractivity contribution in [1.29, 1.82) is 0 Å². The number of hydrogen-bond donors (Lipinski definition) is 1. The van der Waals surface area contributed by atoms with Crippen LogP contribution in [0.15, 0.2) is 0 Å². The van der Waals surface area contributed by atoms with Crippen LogP contribution in [-0.2, 0) is 4.74 Å². The molecule has 0 bridgehead atoms. The normalized spacial score (nSPS) is 25.7. The van der Waals surface area contributed by atoms with Gasteiger partial charge in [-0.2, -0.15) is 12.6 Å². The Kier molecular flexibility index (Phi) is 4.57. The predicted octanol–water partition coefficient (Wildman–Crippen LogP) is 2.44. The SMILES string of the molecule is CN(CC1CCOCC1)CC1(CS)CCC1. The molecule has 1 heterocycles. The van der Waals surface area contributed by atoms with Crippen molar-refractivity contribution in [3.05, 3.63) is 0 Å². The Morgan fingerprint density at radius 2 is 2.00 bits per heavy atom.